The number of aliphatic hydroxyl groups excluding tert-OH is 6. The summed E-state index contributed by atoms with van der Waals surface area (Å²) in [4.78, 5) is 0. The Kier molecular flexibility index (Phi) is 6.49. The highest BCUT2D eigenvalue weighted by Gasteiger charge is 2.44. The standard InChI is InChI=1S/C15H22O9/c16-5-10-12(20)13(21)14(22)15(24-10)23-6-9(18)11(19)7-1-3-8(17)4-2-7/h1-4,9-22H,5-6H2/t9-,10-,11-,12-,13+,14-,15-/m1/s1. The highest BCUT2D eigenvalue weighted by atomic mass is 16.7. The van der Waals surface area contributed by atoms with E-state index in [4.69, 9.17) is 14.6 Å². The number of rotatable bonds is 6. The Morgan fingerprint density at radius 2 is 1.62 bits per heavy atom. The van der Waals surface area contributed by atoms with E-state index in [0.29, 0.717) is 5.56 Å². The Labute approximate surface area is 137 Å². The molecule has 2 rings (SSSR count). The molecule has 0 radical (unpaired) electrons. The normalized spacial score (nSPS) is 33.2. The largest absolute Gasteiger partial charge is 0.508 e. The molecule has 136 valence electrons. The Bertz CT molecular complexity index is 506. The Balaban J connectivity index is 1.92. The maximum Gasteiger partial charge on any atom is 0.186 e. The van der Waals surface area contributed by atoms with Crippen molar-refractivity contribution in [3.05, 3.63) is 29.8 Å². The fourth-order valence-electron chi connectivity index (χ4n) is 2.38. The lowest BCUT2D eigenvalue weighted by Gasteiger charge is -2.39. The van der Waals surface area contributed by atoms with Gasteiger partial charge in [0.15, 0.2) is 6.29 Å². The molecule has 7 atom stereocenters. The van der Waals surface area contributed by atoms with Crippen LogP contribution in [0.15, 0.2) is 24.3 Å². The molecule has 0 amide bonds. The number of hydrogen-bond acceptors (Lipinski definition) is 9. The van der Waals surface area contributed by atoms with Crippen molar-refractivity contribution in [1.29, 1.82) is 0 Å². The van der Waals surface area contributed by atoms with E-state index in [1.807, 2.05) is 0 Å². The fourth-order valence-corrected chi connectivity index (χ4v) is 2.38. The first kappa shape index (κ1) is 19.0. The van der Waals surface area contributed by atoms with Gasteiger partial charge in [-0.05, 0) is 17.7 Å². The van der Waals surface area contributed by atoms with Gasteiger partial charge in [-0.15, -0.1) is 0 Å². The molecular formula is C15H22O9. The molecule has 0 aromatic heterocycles. The molecule has 7 N–H and O–H groups in total. The van der Waals surface area contributed by atoms with Crippen molar-refractivity contribution in [2.75, 3.05) is 13.2 Å². The number of aliphatic hydroxyl groups is 6. The van der Waals surface area contributed by atoms with Gasteiger partial charge in [-0.3, -0.25) is 0 Å². The number of phenols is 1. The lowest BCUT2D eigenvalue weighted by molar-refractivity contribution is -0.306. The van der Waals surface area contributed by atoms with Crippen LogP contribution in [-0.4, -0.2) is 85.8 Å². The highest BCUT2D eigenvalue weighted by molar-refractivity contribution is 5.27. The minimum absolute atomic E-state index is 0.0120. The third kappa shape index (κ3) is 4.21. The molecule has 1 fully saturated rings. The van der Waals surface area contributed by atoms with Crippen molar-refractivity contribution in [3.8, 4) is 5.75 Å². The van der Waals surface area contributed by atoms with Gasteiger partial charge in [0.1, 0.15) is 42.4 Å². The van der Waals surface area contributed by atoms with Gasteiger partial charge in [-0.25, -0.2) is 0 Å². The van der Waals surface area contributed by atoms with E-state index < -0.39 is 56.1 Å². The van der Waals surface area contributed by atoms with Crippen LogP contribution in [0.3, 0.4) is 0 Å². The summed E-state index contributed by atoms with van der Waals surface area (Å²) < 4.78 is 10.3. The second kappa shape index (κ2) is 8.19. The smallest absolute Gasteiger partial charge is 0.186 e. The van der Waals surface area contributed by atoms with Crippen LogP contribution in [0, 0.1) is 0 Å². The molecule has 1 saturated heterocycles. The summed E-state index contributed by atoms with van der Waals surface area (Å²) in [6.45, 7) is -1.03. The van der Waals surface area contributed by atoms with E-state index in [1.165, 1.54) is 24.3 Å². The van der Waals surface area contributed by atoms with Crippen molar-refractivity contribution in [1.82, 2.24) is 0 Å². The van der Waals surface area contributed by atoms with Gasteiger partial charge in [-0.1, -0.05) is 12.1 Å². The number of ether oxygens (including phenoxy) is 2. The molecule has 0 spiro atoms. The minimum atomic E-state index is -1.58. The molecular weight excluding hydrogens is 324 g/mol. The highest BCUT2D eigenvalue weighted by Crippen LogP contribution is 2.24. The van der Waals surface area contributed by atoms with Crippen LogP contribution < -0.4 is 0 Å². The zero-order valence-corrected chi connectivity index (χ0v) is 12.7. The predicted molar refractivity (Wildman–Crippen MR) is 78.8 cm³/mol. The van der Waals surface area contributed by atoms with Crippen LogP contribution in [0.25, 0.3) is 0 Å². The van der Waals surface area contributed by atoms with Gasteiger partial charge >= 0.3 is 0 Å². The van der Waals surface area contributed by atoms with Gasteiger partial charge in [0.05, 0.1) is 13.2 Å². The van der Waals surface area contributed by atoms with Crippen molar-refractivity contribution in [2.24, 2.45) is 0 Å². The van der Waals surface area contributed by atoms with E-state index in [0.717, 1.165) is 0 Å². The second-order valence-electron chi connectivity index (χ2n) is 5.63. The predicted octanol–water partition coefficient (Wildman–Crippen LogP) is -2.40. The molecule has 9 heteroatoms. The Hall–Kier alpha value is -1.30. The van der Waals surface area contributed by atoms with Crippen LogP contribution in [0.5, 0.6) is 5.75 Å². The Morgan fingerprint density at radius 3 is 2.21 bits per heavy atom. The van der Waals surface area contributed by atoms with Crippen LogP contribution >= 0.6 is 0 Å². The third-order valence-corrected chi connectivity index (χ3v) is 3.88. The number of benzene rings is 1. The molecule has 0 aliphatic carbocycles. The summed E-state index contributed by atoms with van der Waals surface area (Å²) in [5, 5.41) is 67.4. The summed E-state index contributed by atoms with van der Waals surface area (Å²) in [5.74, 6) is 0.0120. The van der Waals surface area contributed by atoms with Crippen molar-refractivity contribution in [2.45, 2.75) is 42.9 Å². The molecule has 9 nitrogen and oxygen atoms in total. The summed E-state index contributed by atoms with van der Waals surface area (Å²) in [6, 6.07) is 5.56. The summed E-state index contributed by atoms with van der Waals surface area (Å²) in [6.07, 6.45) is -9.86. The van der Waals surface area contributed by atoms with Crippen LogP contribution in [0.1, 0.15) is 11.7 Å². The Morgan fingerprint density at radius 1 is 1.00 bits per heavy atom. The molecule has 0 bridgehead atoms. The molecule has 1 heterocycles. The second-order valence-corrected chi connectivity index (χ2v) is 5.63. The molecule has 24 heavy (non-hydrogen) atoms. The summed E-state index contributed by atoms with van der Waals surface area (Å²) >= 11 is 0. The average Bonchev–Trinajstić information content (AvgIpc) is 2.59. The summed E-state index contributed by atoms with van der Waals surface area (Å²) in [7, 11) is 0. The van der Waals surface area contributed by atoms with Crippen LogP contribution in [-0.2, 0) is 9.47 Å². The van der Waals surface area contributed by atoms with Gasteiger partial charge in [0.2, 0.25) is 0 Å². The average molecular weight is 346 g/mol. The third-order valence-electron chi connectivity index (χ3n) is 3.88. The van der Waals surface area contributed by atoms with Gasteiger partial charge in [-0.2, -0.15) is 0 Å². The minimum Gasteiger partial charge on any atom is -0.508 e. The number of hydrogen-bond donors (Lipinski definition) is 7. The fraction of sp³-hybridized carbons (Fsp3) is 0.600. The summed E-state index contributed by atoms with van der Waals surface area (Å²) in [5.41, 5.74) is 0.345. The van der Waals surface area contributed by atoms with E-state index in [2.05, 4.69) is 0 Å². The van der Waals surface area contributed by atoms with Crippen LogP contribution in [0.2, 0.25) is 0 Å². The first-order valence-corrected chi connectivity index (χ1v) is 7.42. The first-order chi connectivity index (χ1) is 11.3. The zero-order valence-electron chi connectivity index (χ0n) is 12.7. The van der Waals surface area contributed by atoms with Crippen LogP contribution in [0.4, 0.5) is 0 Å². The van der Waals surface area contributed by atoms with E-state index in [1.54, 1.807) is 0 Å². The van der Waals surface area contributed by atoms with E-state index in [9.17, 15) is 30.6 Å². The number of aromatic hydroxyl groups is 1. The van der Waals surface area contributed by atoms with Gasteiger partial charge < -0.3 is 45.2 Å². The molecule has 1 aromatic rings. The molecule has 1 aromatic carbocycles. The molecule has 1 aliphatic heterocycles. The maximum absolute atomic E-state index is 10.0. The zero-order chi connectivity index (χ0) is 17.9. The SMILES string of the molecule is OC[C@H]1O[C@@H](OC[C@@H](O)[C@H](O)c2ccc(O)cc2)[C@H](O)[C@@H](O)[C@@H]1O. The molecule has 0 unspecified atom stereocenters. The quantitative estimate of drug-likeness (QED) is 0.298. The van der Waals surface area contributed by atoms with E-state index in [-0.39, 0.29) is 5.75 Å². The number of phenolic OH excluding ortho intramolecular Hbond substituents is 1. The lowest BCUT2D eigenvalue weighted by atomic mass is 9.99. The maximum atomic E-state index is 10.0. The molecule has 0 saturated carbocycles. The molecule has 1 aliphatic rings. The van der Waals surface area contributed by atoms with Gasteiger partial charge in [0, 0.05) is 0 Å². The van der Waals surface area contributed by atoms with Crippen molar-refractivity contribution in [3.63, 3.8) is 0 Å². The van der Waals surface area contributed by atoms with Gasteiger partial charge in [0.25, 0.3) is 0 Å². The van der Waals surface area contributed by atoms with Crippen molar-refractivity contribution >= 4 is 0 Å². The first-order valence-electron chi connectivity index (χ1n) is 7.42. The lowest BCUT2D eigenvalue weighted by Crippen LogP contribution is -2.59. The van der Waals surface area contributed by atoms with E-state index >= 15 is 0 Å². The monoisotopic (exact) mass is 346 g/mol. The van der Waals surface area contributed by atoms with Crippen molar-refractivity contribution < 1.29 is 45.2 Å². The topological polar surface area (TPSA) is 160 Å².